The fourth-order valence-corrected chi connectivity index (χ4v) is 5.37. The molecule has 1 saturated heterocycles. The number of ether oxygens (including phenoxy) is 2. The van der Waals surface area contributed by atoms with Gasteiger partial charge in [-0.3, -0.25) is 14.5 Å². The average Bonchev–Trinajstić information content (AvgIpc) is 3.63. The first kappa shape index (κ1) is 29.3. The van der Waals surface area contributed by atoms with Crippen LogP contribution in [0.5, 0.6) is 5.75 Å². The van der Waals surface area contributed by atoms with E-state index < -0.39 is 23.9 Å². The number of ketones is 1. The van der Waals surface area contributed by atoms with Crippen LogP contribution in [-0.4, -0.2) is 53.1 Å². The van der Waals surface area contributed by atoms with E-state index in [1.54, 1.807) is 37.4 Å². The molecule has 5 rings (SSSR count). The Kier molecular flexibility index (Phi) is 8.89. The summed E-state index contributed by atoms with van der Waals surface area (Å²) in [7, 11) is 1.84. The Morgan fingerprint density at radius 3 is 2.48 bits per heavy atom. The van der Waals surface area contributed by atoms with Crippen LogP contribution >= 0.6 is 11.6 Å². The SMILES string of the molecule is CCOC(=O)c1ccc(OC(C(=O)Cc2cc(Cl)c(NC(=O)c3cn(C)c4ccccc34)cc2F)N2CCCC2)cc1. The highest BCUT2D eigenvalue weighted by Gasteiger charge is 2.31. The monoisotopic (exact) mass is 591 g/mol. The predicted octanol–water partition coefficient (Wildman–Crippen LogP) is 6.01. The molecule has 42 heavy (non-hydrogen) atoms. The topological polar surface area (TPSA) is 89.9 Å². The Morgan fingerprint density at radius 1 is 1.05 bits per heavy atom. The number of rotatable bonds is 10. The molecule has 4 aromatic rings. The third kappa shape index (κ3) is 6.32. The van der Waals surface area contributed by atoms with Crippen LogP contribution in [0.3, 0.4) is 0 Å². The highest BCUT2D eigenvalue weighted by molar-refractivity contribution is 6.34. The number of aryl methyl sites for hydroxylation is 1. The van der Waals surface area contributed by atoms with E-state index in [2.05, 4.69) is 5.32 Å². The molecule has 1 N–H and O–H groups in total. The molecule has 8 nitrogen and oxygen atoms in total. The first-order valence-corrected chi connectivity index (χ1v) is 14.2. The summed E-state index contributed by atoms with van der Waals surface area (Å²) in [4.78, 5) is 40.4. The number of amides is 1. The molecule has 218 valence electrons. The number of halogens is 2. The number of carbonyl (C=O) groups is 3. The van der Waals surface area contributed by atoms with Gasteiger partial charge in [0.2, 0.25) is 6.23 Å². The van der Waals surface area contributed by atoms with Crippen LogP contribution in [0.4, 0.5) is 10.1 Å². The van der Waals surface area contributed by atoms with Gasteiger partial charge in [0.05, 0.1) is 28.4 Å². The van der Waals surface area contributed by atoms with E-state index in [0.29, 0.717) is 30.0 Å². The summed E-state index contributed by atoms with van der Waals surface area (Å²) in [5.74, 6) is -1.47. The summed E-state index contributed by atoms with van der Waals surface area (Å²) in [5, 5.41) is 3.57. The highest BCUT2D eigenvalue weighted by Crippen LogP contribution is 2.29. The third-order valence-electron chi connectivity index (χ3n) is 7.25. The molecule has 1 aliphatic rings. The number of Topliss-reactive ketones (excluding diaryl/α,β-unsaturated/α-hetero) is 1. The number of para-hydroxylation sites is 1. The van der Waals surface area contributed by atoms with Gasteiger partial charge in [-0.15, -0.1) is 0 Å². The Balaban J connectivity index is 1.31. The van der Waals surface area contributed by atoms with E-state index in [-0.39, 0.29) is 35.1 Å². The molecule has 1 fully saturated rings. The largest absolute Gasteiger partial charge is 0.468 e. The van der Waals surface area contributed by atoms with Gasteiger partial charge in [-0.25, -0.2) is 9.18 Å². The maximum Gasteiger partial charge on any atom is 0.338 e. The Hall–Kier alpha value is -4.21. The molecule has 2 heterocycles. The van der Waals surface area contributed by atoms with Crippen LogP contribution in [-0.2, 0) is 23.0 Å². The third-order valence-corrected chi connectivity index (χ3v) is 7.56. The van der Waals surface area contributed by atoms with Gasteiger partial charge in [-0.05, 0) is 67.8 Å². The minimum absolute atomic E-state index is 0.0959. The van der Waals surface area contributed by atoms with E-state index in [9.17, 15) is 14.4 Å². The second-order valence-electron chi connectivity index (χ2n) is 10.1. The Morgan fingerprint density at radius 2 is 1.76 bits per heavy atom. The van der Waals surface area contributed by atoms with Gasteiger partial charge in [0, 0.05) is 43.7 Å². The number of hydrogen-bond acceptors (Lipinski definition) is 6. The number of anilines is 1. The van der Waals surface area contributed by atoms with Crippen molar-refractivity contribution in [3.05, 3.63) is 94.4 Å². The van der Waals surface area contributed by atoms with Gasteiger partial charge in [-0.1, -0.05) is 29.8 Å². The quantitative estimate of drug-likeness (QED) is 0.227. The van der Waals surface area contributed by atoms with Crippen molar-refractivity contribution in [1.29, 1.82) is 0 Å². The molecule has 0 bridgehead atoms. The van der Waals surface area contributed by atoms with Crippen LogP contribution in [0, 0.1) is 5.82 Å². The molecule has 1 aliphatic heterocycles. The lowest BCUT2D eigenvalue weighted by molar-refractivity contribution is -0.132. The first-order chi connectivity index (χ1) is 20.2. The van der Waals surface area contributed by atoms with Crippen molar-refractivity contribution in [2.24, 2.45) is 7.05 Å². The molecular formula is C32H31ClFN3O5. The molecule has 1 aromatic heterocycles. The second kappa shape index (κ2) is 12.8. The number of nitrogens with one attached hydrogen (secondary N) is 1. The smallest absolute Gasteiger partial charge is 0.338 e. The zero-order valence-electron chi connectivity index (χ0n) is 23.4. The van der Waals surface area contributed by atoms with E-state index >= 15 is 4.39 Å². The zero-order chi connectivity index (χ0) is 29.8. The fourth-order valence-electron chi connectivity index (χ4n) is 5.14. The van der Waals surface area contributed by atoms with Gasteiger partial charge in [0.25, 0.3) is 5.91 Å². The van der Waals surface area contributed by atoms with Crippen molar-refractivity contribution < 1.29 is 28.2 Å². The van der Waals surface area contributed by atoms with E-state index in [0.717, 1.165) is 29.8 Å². The standard InChI is InChI=1S/C32H31ClFN3O5/c1-3-41-32(40)20-10-12-22(13-11-20)42-31(37-14-6-7-15-37)29(38)17-21-16-25(33)27(18-26(21)34)35-30(39)24-19-36(2)28-9-5-4-8-23(24)28/h4-5,8-13,16,18-19,31H,3,6-7,14-15,17H2,1-2H3,(H,35,39). The van der Waals surface area contributed by atoms with Gasteiger partial charge < -0.3 is 19.4 Å². The van der Waals surface area contributed by atoms with Crippen LogP contribution in [0.1, 0.15) is 46.0 Å². The van der Waals surface area contributed by atoms with Crippen molar-refractivity contribution in [2.45, 2.75) is 32.4 Å². The number of fused-ring (bicyclic) bond motifs is 1. The van der Waals surface area contributed by atoms with Crippen LogP contribution < -0.4 is 10.1 Å². The van der Waals surface area contributed by atoms with Crippen molar-refractivity contribution in [2.75, 3.05) is 25.0 Å². The molecule has 3 aromatic carbocycles. The van der Waals surface area contributed by atoms with Crippen LogP contribution in [0.2, 0.25) is 5.02 Å². The molecule has 10 heteroatoms. The lowest BCUT2D eigenvalue weighted by atomic mass is 10.1. The maximum atomic E-state index is 15.3. The van der Waals surface area contributed by atoms with Gasteiger partial charge in [0.15, 0.2) is 5.78 Å². The normalized spacial score (nSPS) is 14.1. The number of likely N-dealkylation sites (tertiary alicyclic amines) is 1. The lowest BCUT2D eigenvalue weighted by Gasteiger charge is -2.27. The van der Waals surface area contributed by atoms with Gasteiger partial charge in [-0.2, -0.15) is 0 Å². The summed E-state index contributed by atoms with van der Waals surface area (Å²) >= 11 is 6.46. The molecule has 0 aliphatic carbocycles. The van der Waals surface area contributed by atoms with E-state index in [1.165, 1.54) is 6.07 Å². The molecular weight excluding hydrogens is 561 g/mol. The van der Waals surface area contributed by atoms with E-state index in [1.807, 2.05) is 40.8 Å². The number of nitrogens with zero attached hydrogens (tertiary/aromatic N) is 2. The Bertz CT molecular complexity index is 1630. The summed E-state index contributed by atoms with van der Waals surface area (Å²) < 4.78 is 28.2. The molecule has 0 radical (unpaired) electrons. The summed E-state index contributed by atoms with van der Waals surface area (Å²) in [6, 6.07) is 16.3. The predicted molar refractivity (Wildman–Crippen MR) is 159 cm³/mol. The number of carbonyl (C=O) groups excluding carboxylic acids is 3. The summed E-state index contributed by atoms with van der Waals surface area (Å²) in [5.41, 5.74) is 1.90. The number of aromatic nitrogens is 1. The second-order valence-corrected chi connectivity index (χ2v) is 10.6. The minimum Gasteiger partial charge on any atom is -0.468 e. The van der Waals surface area contributed by atoms with E-state index in [4.69, 9.17) is 21.1 Å². The van der Waals surface area contributed by atoms with Gasteiger partial charge in [0.1, 0.15) is 11.6 Å². The highest BCUT2D eigenvalue weighted by atomic mass is 35.5. The first-order valence-electron chi connectivity index (χ1n) is 13.8. The maximum absolute atomic E-state index is 15.3. The van der Waals surface area contributed by atoms with Gasteiger partial charge >= 0.3 is 5.97 Å². The average molecular weight is 592 g/mol. The van der Waals surface area contributed by atoms with Crippen molar-refractivity contribution >= 4 is 45.9 Å². The molecule has 1 atom stereocenters. The number of esters is 1. The molecule has 1 amide bonds. The van der Waals surface area contributed by atoms with Crippen LogP contribution in [0.15, 0.2) is 66.9 Å². The summed E-state index contributed by atoms with van der Waals surface area (Å²) in [6.45, 7) is 3.33. The van der Waals surface area contributed by atoms with Crippen molar-refractivity contribution in [3.63, 3.8) is 0 Å². The van der Waals surface area contributed by atoms with Crippen molar-refractivity contribution in [1.82, 2.24) is 9.47 Å². The zero-order valence-corrected chi connectivity index (χ0v) is 24.1. The Labute approximate surface area is 248 Å². The van der Waals surface area contributed by atoms with Crippen LogP contribution in [0.25, 0.3) is 10.9 Å². The van der Waals surface area contributed by atoms with Crippen molar-refractivity contribution in [3.8, 4) is 5.75 Å². The molecule has 0 spiro atoms. The minimum atomic E-state index is -0.940. The summed E-state index contributed by atoms with van der Waals surface area (Å²) in [6.07, 6.45) is 2.34. The molecule has 0 saturated carbocycles. The molecule has 1 unspecified atom stereocenters. The lowest BCUT2D eigenvalue weighted by Crippen LogP contribution is -2.44. The number of hydrogen-bond donors (Lipinski definition) is 1. The fraction of sp³-hybridized carbons (Fsp3) is 0.281. The number of benzene rings is 3.